The van der Waals surface area contributed by atoms with Crippen LogP contribution in [0.25, 0.3) is 0 Å². The maximum atomic E-state index is 6.08. The van der Waals surface area contributed by atoms with E-state index < -0.39 is 0 Å². The number of hydrogen-bond donors (Lipinski definition) is 1. The second-order valence-electron chi connectivity index (χ2n) is 3.95. The van der Waals surface area contributed by atoms with E-state index in [4.69, 9.17) is 28.9 Å². The lowest BCUT2D eigenvalue weighted by molar-refractivity contribution is 0.897. The Morgan fingerprint density at radius 2 is 2.00 bits per heavy atom. The Morgan fingerprint density at radius 3 is 2.61 bits per heavy atom. The summed E-state index contributed by atoms with van der Waals surface area (Å²) in [5.74, 6) is 0.338. The van der Waals surface area contributed by atoms with Crippen LogP contribution in [0.15, 0.2) is 23.4 Å². The van der Waals surface area contributed by atoms with Gasteiger partial charge in [-0.2, -0.15) is 5.10 Å². The molecule has 0 saturated heterocycles. The maximum Gasteiger partial charge on any atom is 0.221 e. The molecule has 0 atom stereocenters. The largest absolute Gasteiger partial charge is 0.368 e. The van der Waals surface area contributed by atoms with E-state index in [1.165, 1.54) is 4.68 Å². The van der Waals surface area contributed by atoms with Gasteiger partial charge in [0.2, 0.25) is 5.95 Å². The smallest absolute Gasteiger partial charge is 0.221 e. The van der Waals surface area contributed by atoms with Gasteiger partial charge in [0.05, 0.1) is 23.1 Å². The molecule has 0 aliphatic carbocycles. The summed E-state index contributed by atoms with van der Waals surface area (Å²) >= 11 is 12.0. The molecule has 1 aromatic heterocycles. The van der Waals surface area contributed by atoms with Crippen molar-refractivity contribution in [3.05, 3.63) is 45.2 Å². The fourth-order valence-electron chi connectivity index (χ4n) is 1.50. The Kier molecular flexibility index (Phi) is 3.59. The fraction of sp³-hybridized carbons (Fsp3) is 0.167. The zero-order chi connectivity index (χ0) is 13.3. The van der Waals surface area contributed by atoms with Gasteiger partial charge in [-0.25, -0.2) is 9.66 Å². The van der Waals surface area contributed by atoms with E-state index in [1.807, 2.05) is 19.9 Å². The van der Waals surface area contributed by atoms with Crippen molar-refractivity contribution in [2.75, 3.05) is 5.73 Å². The lowest BCUT2D eigenvalue weighted by Gasteiger charge is -2.02. The third-order valence-corrected chi connectivity index (χ3v) is 3.17. The summed E-state index contributed by atoms with van der Waals surface area (Å²) in [6, 6.07) is 3.57. The van der Waals surface area contributed by atoms with Crippen LogP contribution >= 0.6 is 23.2 Å². The molecule has 0 unspecified atom stereocenters. The lowest BCUT2D eigenvalue weighted by Crippen LogP contribution is -1.97. The van der Waals surface area contributed by atoms with Gasteiger partial charge in [-0.15, -0.1) is 0 Å². The Bertz CT molecular complexity index is 617. The molecule has 0 bridgehead atoms. The summed E-state index contributed by atoms with van der Waals surface area (Å²) in [5, 5.41) is 5.39. The zero-order valence-corrected chi connectivity index (χ0v) is 11.5. The number of rotatable bonds is 2. The molecule has 0 amide bonds. The molecule has 6 heteroatoms. The predicted octanol–water partition coefficient (Wildman–Crippen LogP) is 3.27. The first-order valence-electron chi connectivity index (χ1n) is 5.29. The number of aryl methyl sites for hydroxylation is 2. The molecule has 2 N–H and O–H groups in total. The molecule has 0 spiro atoms. The molecule has 0 aliphatic heterocycles. The summed E-state index contributed by atoms with van der Waals surface area (Å²) in [6.07, 6.45) is 3.37. The molecule has 2 rings (SSSR count). The monoisotopic (exact) mass is 282 g/mol. The highest BCUT2D eigenvalue weighted by Gasteiger charge is 2.03. The van der Waals surface area contributed by atoms with Crippen molar-refractivity contribution in [1.82, 2.24) is 9.66 Å². The van der Waals surface area contributed by atoms with E-state index in [-0.39, 0.29) is 0 Å². The van der Waals surface area contributed by atoms with Crippen molar-refractivity contribution < 1.29 is 0 Å². The van der Waals surface area contributed by atoms with Crippen molar-refractivity contribution in [1.29, 1.82) is 0 Å². The molecule has 0 radical (unpaired) electrons. The second kappa shape index (κ2) is 5.00. The average molecular weight is 283 g/mol. The van der Waals surface area contributed by atoms with Gasteiger partial charge in [-0.1, -0.05) is 23.2 Å². The quantitative estimate of drug-likeness (QED) is 0.860. The highest BCUT2D eigenvalue weighted by molar-refractivity contribution is 6.36. The van der Waals surface area contributed by atoms with Crippen LogP contribution in [0.3, 0.4) is 0 Å². The molecule has 18 heavy (non-hydrogen) atoms. The Labute approximate surface area is 115 Å². The normalized spacial score (nSPS) is 11.3. The van der Waals surface area contributed by atoms with E-state index in [9.17, 15) is 0 Å². The summed E-state index contributed by atoms with van der Waals surface area (Å²) in [7, 11) is 0. The number of anilines is 1. The van der Waals surface area contributed by atoms with Crippen LogP contribution < -0.4 is 5.73 Å². The Balaban J connectivity index is 2.34. The van der Waals surface area contributed by atoms with Gasteiger partial charge >= 0.3 is 0 Å². The minimum absolute atomic E-state index is 0.338. The van der Waals surface area contributed by atoms with Crippen molar-refractivity contribution in [2.45, 2.75) is 13.8 Å². The van der Waals surface area contributed by atoms with Crippen LogP contribution in [0.2, 0.25) is 10.0 Å². The lowest BCUT2D eigenvalue weighted by atomic mass is 10.1. The standard InChI is InChI=1S/C12H12Cl2N4/c1-7-3-9(11(14)4-10(7)13)5-16-18-6-8(2)17-12(18)15/h3-6H,1-2H3,(H2,15,17). The van der Waals surface area contributed by atoms with Gasteiger partial charge in [0, 0.05) is 10.6 Å². The number of halogens is 2. The van der Waals surface area contributed by atoms with E-state index in [2.05, 4.69) is 10.1 Å². The summed E-state index contributed by atoms with van der Waals surface area (Å²) in [4.78, 5) is 4.05. The van der Waals surface area contributed by atoms with Crippen LogP contribution in [0.4, 0.5) is 5.95 Å². The second-order valence-corrected chi connectivity index (χ2v) is 4.77. The number of nitrogens with two attached hydrogens (primary N) is 1. The van der Waals surface area contributed by atoms with Crippen LogP contribution in [0.5, 0.6) is 0 Å². The molecule has 0 fully saturated rings. The Morgan fingerprint density at radius 1 is 1.28 bits per heavy atom. The summed E-state index contributed by atoms with van der Waals surface area (Å²) in [5.41, 5.74) is 8.21. The topological polar surface area (TPSA) is 56.2 Å². The van der Waals surface area contributed by atoms with Gasteiger partial charge in [0.15, 0.2) is 0 Å². The first-order chi connectivity index (χ1) is 8.47. The summed E-state index contributed by atoms with van der Waals surface area (Å²) < 4.78 is 1.50. The molecule has 2 aromatic rings. The van der Waals surface area contributed by atoms with Gasteiger partial charge < -0.3 is 5.73 Å². The number of imidazole rings is 1. The number of nitrogen functional groups attached to an aromatic ring is 1. The Hall–Kier alpha value is -1.52. The van der Waals surface area contributed by atoms with Crippen LogP contribution in [-0.2, 0) is 0 Å². The van der Waals surface area contributed by atoms with E-state index >= 15 is 0 Å². The fourth-order valence-corrected chi connectivity index (χ4v) is 1.93. The van der Waals surface area contributed by atoms with E-state index in [0.29, 0.717) is 16.0 Å². The average Bonchev–Trinajstić information content (AvgIpc) is 2.61. The molecular formula is C12H12Cl2N4. The number of aromatic nitrogens is 2. The number of hydrogen-bond acceptors (Lipinski definition) is 3. The van der Waals surface area contributed by atoms with E-state index in [1.54, 1.807) is 18.5 Å². The highest BCUT2D eigenvalue weighted by atomic mass is 35.5. The van der Waals surface area contributed by atoms with Gasteiger partial charge in [0.25, 0.3) is 0 Å². The first-order valence-corrected chi connectivity index (χ1v) is 6.04. The van der Waals surface area contributed by atoms with Gasteiger partial charge in [-0.05, 0) is 31.5 Å². The SMILES string of the molecule is Cc1cn(N=Cc2cc(C)c(Cl)cc2Cl)c(N)n1. The maximum absolute atomic E-state index is 6.08. The molecule has 4 nitrogen and oxygen atoms in total. The molecule has 0 aliphatic rings. The molecule has 0 saturated carbocycles. The van der Waals surface area contributed by atoms with Gasteiger partial charge in [-0.3, -0.25) is 0 Å². The number of nitrogens with zero attached hydrogens (tertiary/aromatic N) is 3. The minimum Gasteiger partial charge on any atom is -0.368 e. The first kappa shape index (κ1) is 12.9. The predicted molar refractivity (Wildman–Crippen MR) is 75.6 cm³/mol. The third-order valence-electron chi connectivity index (χ3n) is 2.43. The number of benzene rings is 1. The highest BCUT2D eigenvalue weighted by Crippen LogP contribution is 2.23. The van der Waals surface area contributed by atoms with Crippen molar-refractivity contribution in [3.63, 3.8) is 0 Å². The zero-order valence-electron chi connectivity index (χ0n) is 9.98. The van der Waals surface area contributed by atoms with Crippen LogP contribution in [0, 0.1) is 13.8 Å². The third kappa shape index (κ3) is 2.66. The molecular weight excluding hydrogens is 271 g/mol. The van der Waals surface area contributed by atoms with E-state index in [0.717, 1.165) is 16.8 Å². The van der Waals surface area contributed by atoms with Crippen LogP contribution in [-0.4, -0.2) is 15.9 Å². The van der Waals surface area contributed by atoms with Crippen LogP contribution in [0.1, 0.15) is 16.8 Å². The van der Waals surface area contributed by atoms with Gasteiger partial charge in [0.1, 0.15) is 0 Å². The molecule has 1 aromatic carbocycles. The van der Waals surface area contributed by atoms with Crippen molar-refractivity contribution in [3.8, 4) is 0 Å². The minimum atomic E-state index is 0.338. The van der Waals surface area contributed by atoms with Crippen molar-refractivity contribution >= 4 is 35.4 Å². The summed E-state index contributed by atoms with van der Waals surface area (Å²) in [6.45, 7) is 3.76. The molecule has 94 valence electrons. The molecule has 1 heterocycles. The van der Waals surface area contributed by atoms with Crippen molar-refractivity contribution in [2.24, 2.45) is 5.10 Å².